The second-order valence-corrected chi connectivity index (χ2v) is 2.41. The summed E-state index contributed by atoms with van der Waals surface area (Å²) in [6.07, 6.45) is 1.70. The Bertz CT molecular complexity index is 234. The average molecular weight is 152 g/mol. The number of nitrogens with two attached hydrogens (primary N) is 1. The quantitative estimate of drug-likeness (QED) is 0.476. The highest BCUT2D eigenvalue weighted by Crippen LogP contribution is 2.18. The predicted molar refractivity (Wildman–Crippen MR) is 46.4 cm³/mol. The highest BCUT2D eigenvalue weighted by atomic mass is 15.3. The first-order chi connectivity index (χ1) is 5.25. The van der Waals surface area contributed by atoms with Crippen LogP contribution in [0.4, 0.5) is 11.5 Å². The van der Waals surface area contributed by atoms with Crippen LogP contribution in [0, 0.1) is 0 Å². The molecule has 0 atom stereocenters. The smallest absolute Gasteiger partial charge is 0.163 e. The van der Waals surface area contributed by atoms with Crippen molar-refractivity contribution < 1.29 is 0 Å². The van der Waals surface area contributed by atoms with E-state index < -0.39 is 0 Å². The molecular formula is C7H12N4. The molecule has 0 amide bonds. The Kier molecular flexibility index (Phi) is 2.28. The van der Waals surface area contributed by atoms with Gasteiger partial charge in [-0.05, 0) is 12.1 Å². The molecule has 0 aromatic carbocycles. The molecule has 0 bridgehead atoms. The van der Waals surface area contributed by atoms with E-state index in [1.807, 2.05) is 31.1 Å². The monoisotopic (exact) mass is 152 g/mol. The largest absolute Gasteiger partial charge is 0.375 e. The lowest BCUT2D eigenvalue weighted by Crippen LogP contribution is -2.16. The molecule has 0 unspecified atom stereocenters. The van der Waals surface area contributed by atoms with Crippen molar-refractivity contribution in [2.24, 2.45) is 5.84 Å². The van der Waals surface area contributed by atoms with E-state index in [1.165, 1.54) is 0 Å². The molecular weight excluding hydrogens is 140 g/mol. The molecule has 1 heterocycles. The lowest BCUT2D eigenvalue weighted by Gasteiger charge is -2.14. The van der Waals surface area contributed by atoms with Gasteiger partial charge in [0.25, 0.3) is 0 Å². The minimum atomic E-state index is 0.692. The van der Waals surface area contributed by atoms with Gasteiger partial charge in [-0.2, -0.15) is 0 Å². The van der Waals surface area contributed by atoms with Gasteiger partial charge in [-0.3, -0.25) is 0 Å². The van der Waals surface area contributed by atoms with Gasteiger partial charge < -0.3 is 10.3 Å². The predicted octanol–water partition coefficient (Wildman–Crippen LogP) is 0.433. The van der Waals surface area contributed by atoms with E-state index >= 15 is 0 Å². The lowest BCUT2D eigenvalue weighted by molar-refractivity contribution is 1.10. The first-order valence-corrected chi connectivity index (χ1v) is 3.34. The molecule has 60 valence electrons. The molecule has 0 radical (unpaired) electrons. The Balaban J connectivity index is 3.02. The minimum Gasteiger partial charge on any atom is -0.375 e. The van der Waals surface area contributed by atoms with E-state index in [1.54, 1.807) is 6.20 Å². The number of hydrogen-bond donors (Lipinski definition) is 2. The van der Waals surface area contributed by atoms with E-state index in [4.69, 9.17) is 5.84 Å². The van der Waals surface area contributed by atoms with Crippen LogP contribution in [0.1, 0.15) is 0 Å². The lowest BCUT2D eigenvalue weighted by atomic mass is 10.4. The molecule has 1 aromatic rings. The zero-order chi connectivity index (χ0) is 8.27. The van der Waals surface area contributed by atoms with Gasteiger partial charge in [0, 0.05) is 20.3 Å². The highest BCUT2D eigenvalue weighted by molar-refractivity contribution is 5.64. The molecule has 0 aliphatic carbocycles. The van der Waals surface area contributed by atoms with Crippen LogP contribution in [0.2, 0.25) is 0 Å². The van der Waals surface area contributed by atoms with Crippen LogP contribution in [0.5, 0.6) is 0 Å². The number of pyridine rings is 1. The van der Waals surface area contributed by atoms with Crippen molar-refractivity contribution in [2.45, 2.75) is 0 Å². The number of nitrogens with one attached hydrogen (secondary N) is 1. The van der Waals surface area contributed by atoms with Crippen LogP contribution in [-0.4, -0.2) is 19.1 Å². The fraction of sp³-hybridized carbons (Fsp3) is 0.286. The number of rotatable bonds is 2. The molecule has 1 rings (SSSR count). The molecule has 0 fully saturated rings. The number of hydrazine groups is 1. The average Bonchev–Trinajstić information content (AvgIpc) is 2.04. The zero-order valence-electron chi connectivity index (χ0n) is 6.70. The van der Waals surface area contributed by atoms with Gasteiger partial charge in [-0.25, -0.2) is 10.8 Å². The van der Waals surface area contributed by atoms with Crippen LogP contribution in [0.15, 0.2) is 18.3 Å². The Hall–Kier alpha value is -1.29. The molecule has 1 aromatic heterocycles. The van der Waals surface area contributed by atoms with Crippen LogP contribution < -0.4 is 16.2 Å². The highest BCUT2D eigenvalue weighted by Gasteiger charge is 2.01. The summed E-state index contributed by atoms with van der Waals surface area (Å²) in [6.45, 7) is 0. The Morgan fingerprint density at radius 2 is 2.27 bits per heavy atom. The number of aromatic nitrogens is 1. The van der Waals surface area contributed by atoms with Gasteiger partial charge in [0.05, 0.1) is 5.69 Å². The van der Waals surface area contributed by atoms with E-state index in [0.29, 0.717) is 5.82 Å². The summed E-state index contributed by atoms with van der Waals surface area (Å²) in [4.78, 5) is 5.99. The summed E-state index contributed by atoms with van der Waals surface area (Å²) in [6, 6.07) is 3.82. The molecule has 3 N–H and O–H groups in total. The fourth-order valence-electron chi connectivity index (χ4n) is 0.869. The van der Waals surface area contributed by atoms with Crippen LogP contribution in [0.25, 0.3) is 0 Å². The number of nitrogen functional groups attached to an aromatic ring is 1. The molecule has 4 nitrogen and oxygen atoms in total. The van der Waals surface area contributed by atoms with Crippen molar-refractivity contribution in [3.8, 4) is 0 Å². The molecule has 0 saturated carbocycles. The molecule has 11 heavy (non-hydrogen) atoms. The van der Waals surface area contributed by atoms with Crippen molar-refractivity contribution in [2.75, 3.05) is 24.4 Å². The van der Waals surface area contributed by atoms with E-state index in [2.05, 4.69) is 10.4 Å². The summed E-state index contributed by atoms with van der Waals surface area (Å²) in [5.74, 6) is 5.94. The first kappa shape index (κ1) is 7.81. The molecule has 0 spiro atoms. The normalized spacial score (nSPS) is 9.36. The third kappa shape index (κ3) is 1.59. The second kappa shape index (κ2) is 3.21. The SMILES string of the molecule is CN(C)c1cccnc1NN. The standard InChI is InChI=1S/C7H12N4/c1-11(2)6-4-3-5-9-7(6)10-8/h3-5H,8H2,1-2H3,(H,9,10). The second-order valence-electron chi connectivity index (χ2n) is 2.41. The zero-order valence-corrected chi connectivity index (χ0v) is 6.70. The maximum absolute atomic E-state index is 5.25. The molecule has 4 heteroatoms. The molecule has 0 aliphatic rings. The Labute approximate surface area is 66.0 Å². The van der Waals surface area contributed by atoms with Crippen molar-refractivity contribution in [1.29, 1.82) is 0 Å². The van der Waals surface area contributed by atoms with Gasteiger partial charge >= 0.3 is 0 Å². The maximum atomic E-state index is 5.25. The first-order valence-electron chi connectivity index (χ1n) is 3.34. The van der Waals surface area contributed by atoms with Gasteiger partial charge in [0.1, 0.15) is 0 Å². The number of nitrogens with zero attached hydrogens (tertiary/aromatic N) is 2. The topological polar surface area (TPSA) is 54.2 Å². The molecule has 0 saturated heterocycles. The number of anilines is 2. The summed E-state index contributed by atoms with van der Waals surface area (Å²) in [7, 11) is 3.88. The molecule has 0 aliphatic heterocycles. The third-order valence-corrected chi connectivity index (χ3v) is 1.40. The van der Waals surface area contributed by atoms with Gasteiger partial charge in [-0.15, -0.1) is 0 Å². The van der Waals surface area contributed by atoms with E-state index in [9.17, 15) is 0 Å². The summed E-state index contributed by atoms with van der Waals surface area (Å²) >= 11 is 0. The summed E-state index contributed by atoms with van der Waals surface area (Å²) < 4.78 is 0. The third-order valence-electron chi connectivity index (χ3n) is 1.40. The Morgan fingerprint density at radius 1 is 1.55 bits per heavy atom. The van der Waals surface area contributed by atoms with Crippen LogP contribution >= 0.6 is 0 Å². The van der Waals surface area contributed by atoms with Crippen molar-refractivity contribution in [3.63, 3.8) is 0 Å². The van der Waals surface area contributed by atoms with Gasteiger partial charge in [0.15, 0.2) is 5.82 Å². The maximum Gasteiger partial charge on any atom is 0.163 e. The van der Waals surface area contributed by atoms with Crippen molar-refractivity contribution >= 4 is 11.5 Å². The van der Waals surface area contributed by atoms with Gasteiger partial charge in [0.2, 0.25) is 0 Å². The van der Waals surface area contributed by atoms with Crippen molar-refractivity contribution in [1.82, 2.24) is 4.98 Å². The minimum absolute atomic E-state index is 0.692. The van der Waals surface area contributed by atoms with Crippen LogP contribution in [-0.2, 0) is 0 Å². The van der Waals surface area contributed by atoms with Gasteiger partial charge in [-0.1, -0.05) is 0 Å². The van der Waals surface area contributed by atoms with Crippen LogP contribution in [0.3, 0.4) is 0 Å². The fourth-order valence-corrected chi connectivity index (χ4v) is 0.869. The number of hydrogen-bond acceptors (Lipinski definition) is 4. The summed E-state index contributed by atoms with van der Waals surface area (Å²) in [5.41, 5.74) is 3.51. The van der Waals surface area contributed by atoms with Crippen molar-refractivity contribution in [3.05, 3.63) is 18.3 Å². The van der Waals surface area contributed by atoms with E-state index in [-0.39, 0.29) is 0 Å². The van der Waals surface area contributed by atoms with E-state index in [0.717, 1.165) is 5.69 Å². The Morgan fingerprint density at radius 3 is 2.73 bits per heavy atom. The summed E-state index contributed by atoms with van der Waals surface area (Å²) in [5, 5.41) is 0.